The summed E-state index contributed by atoms with van der Waals surface area (Å²) in [7, 11) is 0. The Hall–Kier alpha value is -2.87. The Morgan fingerprint density at radius 2 is 1.88 bits per heavy atom. The van der Waals surface area contributed by atoms with Crippen molar-refractivity contribution in [2.24, 2.45) is 0 Å². The molecule has 8 heteroatoms. The van der Waals surface area contributed by atoms with E-state index in [1.54, 1.807) is 24.3 Å². The first-order valence-corrected chi connectivity index (χ1v) is 7.98. The number of hydrogen-bond acceptors (Lipinski definition) is 5. The lowest BCUT2D eigenvalue weighted by Crippen LogP contribution is -2.14. The summed E-state index contributed by atoms with van der Waals surface area (Å²) in [6, 6.07) is 12.9. The molecule has 2 N–H and O–H groups in total. The minimum Gasteiger partial charge on any atom is -0.325 e. The summed E-state index contributed by atoms with van der Waals surface area (Å²) in [5.41, 5.74) is 0.916. The summed E-state index contributed by atoms with van der Waals surface area (Å²) < 4.78 is 0. The van der Waals surface area contributed by atoms with Gasteiger partial charge in [-0.15, -0.1) is 11.8 Å². The van der Waals surface area contributed by atoms with Gasteiger partial charge in [0, 0.05) is 29.6 Å². The van der Waals surface area contributed by atoms with Crippen LogP contribution in [0.5, 0.6) is 0 Å². The maximum absolute atomic E-state index is 12.0. The topological polar surface area (TPSA) is 101 Å². The lowest BCUT2D eigenvalue weighted by molar-refractivity contribution is -0.384. The van der Waals surface area contributed by atoms with Crippen LogP contribution in [0.15, 0.2) is 53.4 Å². The monoisotopic (exact) mass is 345 g/mol. The van der Waals surface area contributed by atoms with Gasteiger partial charge in [0.25, 0.3) is 5.69 Å². The molecule has 0 saturated carbocycles. The molecule has 24 heavy (non-hydrogen) atoms. The van der Waals surface area contributed by atoms with Crippen molar-refractivity contribution in [1.82, 2.24) is 0 Å². The lowest BCUT2D eigenvalue weighted by Gasteiger charge is -2.09. The zero-order chi connectivity index (χ0) is 17.5. The molecule has 0 aromatic heterocycles. The van der Waals surface area contributed by atoms with Gasteiger partial charge in [-0.1, -0.05) is 18.2 Å². The SMILES string of the molecule is CC(=O)Nc1ccccc1SCC(=O)Nc1cccc([N+](=O)[O-])c1. The van der Waals surface area contributed by atoms with Crippen LogP contribution >= 0.6 is 11.8 Å². The molecule has 0 fully saturated rings. The van der Waals surface area contributed by atoms with Crippen molar-refractivity contribution in [3.63, 3.8) is 0 Å². The average molecular weight is 345 g/mol. The molecule has 0 aliphatic carbocycles. The van der Waals surface area contributed by atoms with Crippen LogP contribution in [0, 0.1) is 10.1 Å². The van der Waals surface area contributed by atoms with E-state index in [2.05, 4.69) is 10.6 Å². The number of para-hydroxylation sites is 1. The van der Waals surface area contributed by atoms with Crippen LogP contribution in [-0.4, -0.2) is 22.5 Å². The second-order valence-corrected chi connectivity index (χ2v) is 5.84. The first-order valence-electron chi connectivity index (χ1n) is 6.99. The summed E-state index contributed by atoms with van der Waals surface area (Å²) in [4.78, 5) is 34.2. The molecule has 0 unspecified atom stereocenters. The van der Waals surface area contributed by atoms with E-state index in [9.17, 15) is 19.7 Å². The van der Waals surface area contributed by atoms with Crippen LogP contribution in [0.3, 0.4) is 0 Å². The Morgan fingerprint density at radius 1 is 1.12 bits per heavy atom. The van der Waals surface area contributed by atoms with E-state index in [0.717, 1.165) is 4.90 Å². The Kier molecular flexibility index (Phi) is 5.91. The van der Waals surface area contributed by atoms with Gasteiger partial charge in [0.05, 0.1) is 16.4 Å². The zero-order valence-corrected chi connectivity index (χ0v) is 13.6. The molecule has 0 atom stereocenters. The van der Waals surface area contributed by atoms with E-state index in [1.807, 2.05) is 6.07 Å². The van der Waals surface area contributed by atoms with Crippen molar-refractivity contribution in [1.29, 1.82) is 0 Å². The van der Waals surface area contributed by atoms with E-state index in [-0.39, 0.29) is 23.3 Å². The number of carbonyl (C=O) groups excluding carboxylic acids is 2. The van der Waals surface area contributed by atoms with Gasteiger partial charge in [-0.3, -0.25) is 19.7 Å². The van der Waals surface area contributed by atoms with Crippen molar-refractivity contribution in [3.8, 4) is 0 Å². The van der Waals surface area contributed by atoms with Crippen molar-refractivity contribution < 1.29 is 14.5 Å². The molecule has 0 heterocycles. The molecular formula is C16H15N3O4S. The molecule has 0 bridgehead atoms. The second-order valence-electron chi connectivity index (χ2n) is 4.82. The van der Waals surface area contributed by atoms with Crippen LogP contribution in [0.1, 0.15) is 6.92 Å². The van der Waals surface area contributed by atoms with Gasteiger partial charge in [-0.05, 0) is 18.2 Å². The first-order chi connectivity index (χ1) is 11.5. The normalized spacial score (nSPS) is 10.0. The highest BCUT2D eigenvalue weighted by Crippen LogP contribution is 2.27. The fourth-order valence-corrected chi connectivity index (χ4v) is 2.73. The maximum atomic E-state index is 12.0. The Balaban J connectivity index is 1.98. The van der Waals surface area contributed by atoms with E-state index < -0.39 is 4.92 Å². The summed E-state index contributed by atoms with van der Waals surface area (Å²) in [6.07, 6.45) is 0. The van der Waals surface area contributed by atoms with Crippen LogP contribution in [-0.2, 0) is 9.59 Å². The predicted molar refractivity (Wildman–Crippen MR) is 93.2 cm³/mol. The van der Waals surface area contributed by atoms with Gasteiger partial charge in [0.1, 0.15) is 0 Å². The third-order valence-electron chi connectivity index (χ3n) is 2.90. The van der Waals surface area contributed by atoms with Crippen molar-refractivity contribution in [2.75, 3.05) is 16.4 Å². The molecule has 2 aromatic carbocycles. The first kappa shape index (κ1) is 17.5. The molecule has 124 valence electrons. The predicted octanol–water partition coefficient (Wildman–Crippen LogP) is 3.28. The fraction of sp³-hybridized carbons (Fsp3) is 0.125. The number of non-ortho nitro benzene ring substituents is 1. The smallest absolute Gasteiger partial charge is 0.271 e. The van der Waals surface area contributed by atoms with Gasteiger partial charge in [-0.2, -0.15) is 0 Å². The molecule has 2 rings (SSSR count). The summed E-state index contributed by atoms with van der Waals surface area (Å²) in [5, 5.41) is 16.0. The number of carbonyl (C=O) groups is 2. The molecule has 0 radical (unpaired) electrons. The zero-order valence-electron chi connectivity index (χ0n) is 12.8. The number of amides is 2. The van der Waals surface area contributed by atoms with Gasteiger partial charge < -0.3 is 10.6 Å². The Morgan fingerprint density at radius 3 is 2.58 bits per heavy atom. The highest BCUT2D eigenvalue weighted by atomic mass is 32.2. The fourth-order valence-electron chi connectivity index (χ4n) is 1.92. The minimum atomic E-state index is -0.520. The summed E-state index contributed by atoms with van der Waals surface area (Å²) in [5.74, 6) is -0.374. The second kappa shape index (κ2) is 8.11. The molecule has 0 spiro atoms. The number of thioether (sulfide) groups is 1. The van der Waals surface area contributed by atoms with Crippen molar-refractivity contribution in [3.05, 3.63) is 58.6 Å². The number of hydrogen-bond donors (Lipinski definition) is 2. The molecular weight excluding hydrogens is 330 g/mol. The number of rotatable bonds is 6. The number of nitrogens with zero attached hydrogens (tertiary/aromatic N) is 1. The number of benzene rings is 2. The number of nitro benzene ring substituents is 1. The van der Waals surface area contributed by atoms with Gasteiger partial charge in [0.2, 0.25) is 11.8 Å². The maximum Gasteiger partial charge on any atom is 0.271 e. The van der Waals surface area contributed by atoms with E-state index in [4.69, 9.17) is 0 Å². The molecule has 0 aliphatic heterocycles. The highest BCUT2D eigenvalue weighted by Gasteiger charge is 2.10. The molecule has 2 aromatic rings. The van der Waals surface area contributed by atoms with E-state index in [0.29, 0.717) is 11.4 Å². The molecule has 7 nitrogen and oxygen atoms in total. The standard InChI is InChI=1S/C16H15N3O4S/c1-11(20)17-14-7-2-3-8-15(14)24-10-16(21)18-12-5-4-6-13(9-12)19(22)23/h2-9H,10H2,1H3,(H,17,20)(H,18,21). The minimum absolute atomic E-state index is 0.0866. The number of nitro groups is 1. The van der Waals surface area contributed by atoms with Crippen molar-refractivity contribution >= 4 is 40.6 Å². The van der Waals surface area contributed by atoms with Gasteiger partial charge in [-0.25, -0.2) is 0 Å². The molecule has 0 aliphatic rings. The van der Waals surface area contributed by atoms with Gasteiger partial charge in [0.15, 0.2) is 0 Å². The van der Waals surface area contributed by atoms with Crippen LogP contribution in [0.4, 0.5) is 17.1 Å². The third-order valence-corrected chi connectivity index (χ3v) is 3.97. The quantitative estimate of drug-likeness (QED) is 0.475. The summed E-state index contributed by atoms with van der Waals surface area (Å²) in [6.45, 7) is 1.41. The molecule has 2 amide bonds. The Bertz CT molecular complexity index is 779. The van der Waals surface area contributed by atoms with Crippen LogP contribution in [0.25, 0.3) is 0 Å². The lowest BCUT2D eigenvalue weighted by atomic mass is 10.3. The average Bonchev–Trinajstić information content (AvgIpc) is 2.53. The van der Waals surface area contributed by atoms with Gasteiger partial charge >= 0.3 is 0 Å². The van der Waals surface area contributed by atoms with Crippen molar-refractivity contribution in [2.45, 2.75) is 11.8 Å². The number of anilines is 2. The number of nitrogens with one attached hydrogen (secondary N) is 2. The van der Waals surface area contributed by atoms with Crippen LogP contribution < -0.4 is 10.6 Å². The van der Waals surface area contributed by atoms with E-state index >= 15 is 0 Å². The highest BCUT2D eigenvalue weighted by molar-refractivity contribution is 8.00. The van der Waals surface area contributed by atoms with E-state index in [1.165, 1.54) is 36.9 Å². The van der Waals surface area contributed by atoms with Crippen LogP contribution in [0.2, 0.25) is 0 Å². The third kappa shape index (κ3) is 5.10. The largest absolute Gasteiger partial charge is 0.325 e. The molecule has 0 saturated heterocycles. The summed E-state index contributed by atoms with van der Waals surface area (Å²) >= 11 is 1.27. The Labute approximate surface area is 142 Å².